The number of ether oxygens (including phenoxy) is 1. The first-order valence-corrected chi connectivity index (χ1v) is 8.92. The number of nitrogens with one attached hydrogen (secondary N) is 2. The zero-order valence-electron chi connectivity index (χ0n) is 15.6. The highest BCUT2D eigenvalue weighted by Crippen LogP contribution is 2.25. The normalized spacial score (nSPS) is 16.4. The van der Waals surface area contributed by atoms with Crippen LogP contribution in [0.5, 0.6) is 0 Å². The van der Waals surface area contributed by atoms with Gasteiger partial charge < -0.3 is 15.4 Å². The number of rotatable bonds is 11. The third-order valence-corrected chi connectivity index (χ3v) is 4.23. The highest BCUT2D eigenvalue weighted by molar-refractivity contribution is 14.0. The molecule has 0 aliphatic heterocycles. The maximum Gasteiger partial charge on any atom is 0.191 e. The first-order chi connectivity index (χ1) is 10.6. The first kappa shape index (κ1) is 22.9. The van der Waals surface area contributed by atoms with Gasteiger partial charge in [-0.25, -0.2) is 0 Å². The zero-order chi connectivity index (χ0) is 16.4. The number of likely N-dealkylation sites (N-methyl/N-ethyl adjacent to an activating group) is 1. The van der Waals surface area contributed by atoms with Crippen LogP contribution in [0.1, 0.15) is 47.0 Å². The van der Waals surface area contributed by atoms with Crippen LogP contribution >= 0.6 is 24.0 Å². The van der Waals surface area contributed by atoms with E-state index >= 15 is 0 Å². The van der Waals surface area contributed by atoms with Crippen LogP contribution in [-0.4, -0.2) is 62.8 Å². The van der Waals surface area contributed by atoms with E-state index in [0.717, 1.165) is 51.2 Å². The van der Waals surface area contributed by atoms with Gasteiger partial charge in [0, 0.05) is 39.3 Å². The third kappa shape index (κ3) is 9.72. The lowest BCUT2D eigenvalue weighted by Gasteiger charge is -2.22. The average molecular weight is 440 g/mol. The Labute approximate surface area is 160 Å². The van der Waals surface area contributed by atoms with E-state index < -0.39 is 0 Å². The summed E-state index contributed by atoms with van der Waals surface area (Å²) >= 11 is 0. The second-order valence-electron chi connectivity index (χ2n) is 6.31. The van der Waals surface area contributed by atoms with Crippen molar-refractivity contribution >= 4 is 29.9 Å². The molecule has 138 valence electrons. The maximum atomic E-state index is 5.77. The third-order valence-electron chi connectivity index (χ3n) is 4.23. The highest BCUT2D eigenvalue weighted by atomic mass is 127. The fourth-order valence-electron chi connectivity index (χ4n) is 2.73. The Kier molecular flexibility index (Phi) is 13.2. The smallest absolute Gasteiger partial charge is 0.191 e. The van der Waals surface area contributed by atoms with Gasteiger partial charge in [-0.2, -0.15) is 0 Å². The predicted molar refractivity (Wildman–Crippen MR) is 110 cm³/mol. The van der Waals surface area contributed by atoms with Crippen molar-refractivity contribution in [2.24, 2.45) is 10.9 Å². The SMILES string of the molecule is CCOC(CCNC(=NC)NCCN(CC)C1CC1)C(C)C.I. The molecule has 1 fully saturated rings. The Morgan fingerprint density at radius 1 is 1.22 bits per heavy atom. The van der Waals surface area contributed by atoms with E-state index in [4.69, 9.17) is 4.74 Å². The monoisotopic (exact) mass is 440 g/mol. The summed E-state index contributed by atoms with van der Waals surface area (Å²) < 4.78 is 5.77. The molecule has 1 atom stereocenters. The fourth-order valence-corrected chi connectivity index (χ4v) is 2.73. The van der Waals surface area contributed by atoms with Crippen molar-refractivity contribution in [3.63, 3.8) is 0 Å². The lowest BCUT2D eigenvalue weighted by Crippen LogP contribution is -2.43. The molecule has 1 unspecified atom stereocenters. The summed E-state index contributed by atoms with van der Waals surface area (Å²) in [6.45, 7) is 13.6. The van der Waals surface area contributed by atoms with Crippen molar-refractivity contribution < 1.29 is 4.74 Å². The first-order valence-electron chi connectivity index (χ1n) is 8.92. The molecule has 6 heteroatoms. The minimum atomic E-state index is 0. The van der Waals surface area contributed by atoms with Crippen LogP contribution < -0.4 is 10.6 Å². The molecule has 2 N–H and O–H groups in total. The van der Waals surface area contributed by atoms with E-state index in [0.29, 0.717) is 12.0 Å². The summed E-state index contributed by atoms with van der Waals surface area (Å²) in [5.41, 5.74) is 0. The van der Waals surface area contributed by atoms with Crippen molar-refractivity contribution in [3.8, 4) is 0 Å². The van der Waals surface area contributed by atoms with E-state index in [9.17, 15) is 0 Å². The molecule has 0 spiro atoms. The summed E-state index contributed by atoms with van der Waals surface area (Å²) in [6.07, 6.45) is 4.07. The Bertz CT molecular complexity index is 322. The standard InChI is InChI=1S/C17H36N4O.HI/c1-6-21(15-8-9-15)13-12-20-17(18-5)19-11-10-16(14(3)4)22-7-2;/h14-16H,6-13H2,1-5H3,(H2,18,19,20);1H. The molecule has 0 bridgehead atoms. The molecule has 0 heterocycles. The van der Waals surface area contributed by atoms with E-state index in [1.807, 2.05) is 7.05 Å². The second kappa shape index (κ2) is 13.2. The highest BCUT2D eigenvalue weighted by Gasteiger charge is 2.27. The van der Waals surface area contributed by atoms with Crippen molar-refractivity contribution in [3.05, 3.63) is 0 Å². The van der Waals surface area contributed by atoms with Gasteiger partial charge in [0.25, 0.3) is 0 Å². The van der Waals surface area contributed by atoms with Crippen LogP contribution in [0, 0.1) is 5.92 Å². The minimum Gasteiger partial charge on any atom is -0.378 e. The number of aliphatic imine (C=N–C) groups is 1. The number of hydrogen-bond donors (Lipinski definition) is 2. The molecule has 1 rings (SSSR count). The Morgan fingerprint density at radius 3 is 2.35 bits per heavy atom. The van der Waals surface area contributed by atoms with Gasteiger partial charge in [-0.05, 0) is 38.6 Å². The van der Waals surface area contributed by atoms with Crippen LogP contribution in [-0.2, 0) is 4.74 Å². The molecule has 0 aromatic carbocycles. The van der Waals surface area contributed by atoms with Crippen molar-refractivity contribution in [1.29, 1.82) is 0 Å². The predicted octanol–water partition coefficient (Wildman–Crippen LogP) is 2.70. The van der Waals surface area contributed by atoms with Gasteiger partial charge in [-0.3, -0.25) is 9.89 Å². The molecule has 0 aromatic heterocycles. The molecule has 1 aliphatic rings. The Morgan fingerprint density at radius 2 is 1.87 bits per heavy atom. The van der Waals surface area contributed by atoms with E-state index in [1.54, 1.807) is 0 Å². The van der Waals surface area contributed by atoms with Crippen LogP contribution in [0.15, 0.2) is 4.99 Å². The molecule has 1 aliphatic carbocycles. The van der Waals surface area contributed by atoms with Crippen LogP contribution in [0.3, 0.4) is 0 Å². The van der Waals surface area contributed by atoms with Crippen molar-refractivity contribution in [2.75, 3.05) is 39.8 Å². The number of guanidine groups is 1. The topological polar surface area (TPSA) is 48.9 Å². The summed E-state index contributed by atoms with van der Waals surface area (Å²) in [5.74, 6) is 1.44. The maximum absolute atomic E-state index is 5.77. The molecule has 23 heavy (non-hydrogen) atoms. The van der Waals surface area contributed by atoms with Gasteiger partial charge in [0.2, 0.25) is 0 Å². The average Bonchev–Trinajstić information content (AvgIpc) is 3.33. The van der Waals surface area contributed by atoms with E-state index in [2.05, 4.69) is 48.2 Å². The summed E-state index contributed by atoms with van der Waals surface area (Å²) in [7, 11) is 1.83. The minimum absolute atomic E-state index is 0. The fraction of sp³-hybridized carbons (Fsp3) is 0.941. The number of hydrogen-bond acceptors (Lipinski definition) is 3. The van der Waals surface area contributed by atoms with Gasteiger partial charge in [-0.1, -0.05) is 20.8 Å². The molecule has 0 radical (unpaired) electrons. The molecule has 0 aromatic rings. The molecule has 0 amide bonds. The van der Waals surface area contributed by atoms with Crippen LogP contribution in [0.4, 0.5) is 0 Å². The largest absolute Gasteiger partial charge is 0.378 e. The number of nitrogens with zero attached hydrogens (tertiary/aromatic N) is 2. The quantitative estimate of drug-likeness (QED) is 0.295. The molecular weight excluding hydrogens is 403 g/mol. The number of halogens is 1. The molecular formula is C17H37IN4O. The molecule has 5 nitrogen and oxygen atoms in total. The van der Waals surface area contributed by atoms with Gasteiger partial charge in [-0.15, -0.1) is 24.0 Å². The van der Waals surface area contributed by atoms with Crippen LogP contribution in [0.25, 0.3) is 0 Å². The lowest BCUT2D eigenvalue weighted by molar-refractivity contribution is 0.0258. The van der Waals surface area contributed by atoms with Gasteiger partial charge in [0.05, 0.1) is 6.10 Å². The van der Waals surface area contributed by atoms with E-state index in [1.165, 1.54) is 12.8 Å². The molecule has 0 saturated heterocycles. The van der Waals surface area contributed by atoms with Gasteiger partial charge in [0.1, 0.15) is 0 Å². The second-order valence-corrected chi connectivity index (χ2v) is 6.31. The van der Waals surface area contributed by atoms with Crippen LogP contribution in [0.2, 0.25) is 0 Å². The Balaban J connectivity index is 0.00000484. The van der Waals surface area contributed by atoms with Crippen molar-refractivity contribution in [2.45, 2.75) is 59.1 Å². The van der Waals surface area contributed by atoms with Gasteiger partial charge >= 0.3 is 0 Å². The summed E-state index contributed by atoms with van der Waals surface area (Å²) in [6, 6.07) is 0.833. The van der Waals surface area contributed by atoms with E-state index in [-0.39, 0.29) is 24.0 Å². The Hall–Kier alpha value is -0.0800. The zero-order valence-corrected chi connectivity index (χ0v) is 17.9. The van der Waals surface area contributed by atoms with Gasteiger partial charge in [0.15, 0.2) is 5.96 Å². The summed E-state index contributed by atoms with van der Waals surface area (Å²) in [5, 5.41) is 6.80. The lowest BCUT2D eigenvalue weighted by atomic mass is 10.0. The van der Waals surface area contributed by atoms with Crippen molar-refractivity contribution in [1.82, 2.24) is 15.5 Å². The summed E-state index contributed by atoms with van der Waals surface area (Å²) in [4.78, 5) is 6.84. The molecule has 1 saturated carbocycles.